The topological polar surface area (TPSA) is 79.7 Å². The highest BCUT2D eigenvalue weighted by Gasteiger charge is 2.30. The Morgan fingerprint density at radius 1 is 1.17 bits per heavy atom. The van der Waals surface area contributed by atoms with Crippen molar-refractivity contribution in [3.8, 4) is 6.07 Å². The molecule has 23 heavy (non-hydrogen) atoms. The van der Waals surface area contributed by atoms with Crippen LogP contribution in [0.15, 0.2) is 58.6 Å². The van der Waals surface area contributed by atoms with E-state index in [2.05, 4.69) is 32.3 Å². The lowest BCUT2D eigenvalue weighted by Crippen LogP contribution is -2.26. The number of nitrogens with two attached hydrogens (primary N) is 1. The normalized spacial score (nSPS) is 16.8. The maximum atomic E-state index is 9.64. The number of halogens is 1. The predicted octanol–water partition coefficient (Wildman–Crippen LogP) is 3.62. The average Bonchev–Trinajstić information content (AvgIpc) is 2.93. The number of imidazole rings is 1. The second-order valence-corrected chi connectivity index (χ2v) is 6.12. The lowest BCUT2D eigenvalue weighted by Gasteiger charge is -2.27. The molecule has 1 atom stereocenters. The molecule has 0 aliphatic carbocycles. The van der Waals surface area contributed by atoms with Crippen molar-refractivity contribution in [2.24, 2.45) is 5.73 Å². The van der Waals surface area contributed by atoms with Gasteiger partial charge in [0.2, 0.25) is 5.95 Å². The van der Waals surface area contributed by atoms with E-state index in [-0.39, 0.29) is 6.04 Å². The van der Waals surface area contributed by atoms with Crippen molar-refractivity contribution in [1.82, 2.24) is 9.55 Å². The first-order chi connectivity index (χ1) is 11.2. The average molecular weight is 366 g/mol. The lowest BCUT2D eigenvalue weighted by molar-refractivity contribution is 0.853. The molecule has 0 unspecified atom stereocenters. The van der Waals surface area contributed by atoms with Crippen LogP contribution in [-0.2, 0) is 0 Å². The van der Waals surface area contributed by atoms with Crippen LogP contribution in [0, 0.1) is 11.3 Å². The Balaban J connectivity index is 1.97. The van der Waals surface area contributed by atoms with E-state index in [0.717, 1.165) is 21.1 Å². The van der Waals surface area contributed by atoms with Gasteiger partial charge in [-0.15, -0.1) is 0 Å². The van der Waals surface area contributed by atoms with Gasteiger partial charge in [-0.3, -0.25) is 4.57 Å². The quantitative estimate of drug-likeness (QED) is 0.690. The summed E-state index contributed by atoms with van der Waals surface area (Å²) in [5, 5.41) is 13.0. The first kappa shape index (κ1) is 13.9. The number of aromatic nitrogens is 2. The van der Waals surface area contributed by atoms with Crippen LogP contribution in [0.5, 0.6) is 0 Å². The highest BCUT2D eigenvalue weighted by Crippen LogP contribution is 2.38. The standard InChI is InChI=1S/C17H12BrN5/c18-12-6-2-1-5-10(12)15-11(9-19)16(20)23-14-8-4-3-7-13(14)21-17(23)22-15/h1-8,15H,20H2,(H,21,22)/t15-/m1/s1. The van der Waals surface area contributed by atoms with Gasteiger partial charge in [0, 0.05) is 4.47 Å². The number of hydrogen-bond acceptors (Lipinski definition) is 4. The van der Waals surface area contributed by atoms with E-state index in [0.29, 0.717) is 17.3 Å². The van der Waals surface area contributed by atoms with Gasteiger partial charge in [0.15, 0.2) is 0 Å². The van der Waals surface area contributed by atoms with Gasteiger partial charge >= 0.3 is 0 Å². The van der Waals surface area contributed by atoms with Gasteiger partial charge in [-0.25, -0.2) is 4.98 Å². The first-order valence-electron chi connectivity index (χ1n) is 7.09. The molecule has 3 aromatic rings. The minimum absolute atomic E-state index is 0.333. The van der Waals surface area contributed by atoms with Gasteiger partial charge in [0.25, 0.3) is 0 Å². The van der Waals surface area contributed by atoms with Crippen LogP contribution in [0.4, 0.5) is 5.95 Å². The molecule has 2 heterocycles. The number of nitrogens with one attached hydrogen (secondary N) is 1. The number of rotatable bonds is 1. The van der Waals surface area contributed by atoms with Crippen LogP contribution < -0.4 is 11.1 Å². The third-order valence-electron chi connectivity index (χ3n) is 3.98. The van der Waals surface area contributed by atoms with E-state index in [1.165, 1.54) is 0 Å². The molecule has 5 nitrogen and oxygen atoms in total. The summed E-state index contributed by atoms with van der Waals surface area (Å²) in [6.45, 7) is 0. The smallest absolute Gasteiger partial charge is 0.210 e. The summed E-state index contributed by atoms with van der Waals surface area (Å²) in [4.78, 5) is 4.59. The summed E-state index contributed by atoms with van der Waals surface area (Å²) < 4.78 is 2.71. The summed E-state index contributed by atoms with van der Waals surface area (Å²) in [7, 11) is 0. The van der Waals surface area contributed by atoms with Gasteiger partial charge in [-0.2, -0.15) is 5.26 Å². The zero-order chi connectivity index (χ0) is 16.0. The Labute approximate surface area is 141 Å². The summed E-state index contributed by atoms with van der Waals surface area (Å²) in [5.74, 6) is 1.05. The summed E-state index contributed by atoms with van der Waals surface area (Å²) in [6, 6.07) is 17.4. The second-order valence-electron chi connectivity index (χ2n) is 5.27. The number of hydrogen-bond donors (Lipinski definition) is 2. The maximum Gasteiger partial charge on any atom is 0.210 e. The van der Waals surface area contributed by atoms with Crippen molar-refractivity contribution in [2.45, 2.75) is 6.04 Å². The number of nitrogens with zero attached hydrogens (tertiary/aromatic N) is 3. The number of anilines is 1. The van der Waals surface area contributed by atoms with E-state index < -0.39 is 0 Å². The van der Waals surface area contributed by atoms with Gasteiger partial charge in [-0.1, -0.05) is 46.3 Å². The van der Waals surface area contributed by atoms with Crippen molar-refractivity contribution >= 4 is 38.7 Å². The Hall–Kier alpha value is -2.78. The molecule has 0 radical (unpaired) electrons. The van der Waals surface area contributed by atoms with Crippen molar-refractivity contribution in [3.63, 3.8) is 0 Å². The fraction of sp³-hybridized carbons (Fsp3) is 0.0588. The maximum absolute atomic E-state index is 9.64. The molecule has 2 aromatic carbocycles. The minimum Gasteiger partial charge on any atom is -0.384 e. The molecule has 0 bridgehead atoms. The third kappa shape index (κ3) is 2.01. The molecule has 0 saturated carbocycles. The molecular weight excluding hydrogens is 354 g/mol. The highest BCUT2D eigenvalue weighted by atomic mass is 79.9. The largest absolute Gasteiger partial charge is 0.384 e. The monoisotopic (exact) mass is 365 g/mol. The molecule has 0 spiro atoms. The van der Waals surface area contributed by atoms with Crippen molar-refractivity contribution in [1.29, 1.82) is 5.26 Å². The number of benzene rings is 2. The Morgan fingerprint density at radius 2 is 1.91 bits per heavy atom. The SMILES string of the molecule is N#CC1=C(N)n2c(nc3ccccc32)N[C@@H]1c1ccccc1Br. The second kappa shape index (κ2) is 5.14. The van der Waals surface area contributed by atoms with Crippen LogP contribution in [0.1, 0.15) is 11.6 Å². The molecule has 6 heteroatoms. The molecule has 112 valence electrons. The summed E-state index contributed by atoms with van der Waals surface area (Å²) in [6.07, 6.45) is 0. The minimum atomic E-state index is -0.333. The fourth-order valence-corrected chi connectivity index (χ4v) is 3.41. The number of fused-ring (bicyclic) bond motifs is 3. The zero-order valence-corrected chi connectivity index (χ0v) is 13.6. The predicted molar refractivity (Wildman–Crippen MR) is 93.3 cm³/mol. The van der Waals surface area contributed by atoms with Crippen molar-refractivity contribution in [2.75, 3.05) is 5.32 Å². The summed E-state index contributed by atoms with van der Waals surface area (Å²) in [5.41, 5.74) is 9.46. The zero-order valence-electron chi connectivity index (χ0n) is 12.0. The van der Waals surface area contributed by atoms with E-state index in [9.17, 15) is 5.26 Å². The van der Waals surface area contributed by atoms with Crippen LogP contribution in [-0.4, -0.2) is 9.55 Å². The third-order valence-corrected chi connectivity index (χ3v) is 4.70. The Morgan fingerprint density at radius 3 is 2.70 bits per heavy atom. The van der Waals surface area contributed by atoms with Gasteiger partial charge in [-0.05, 0) is 23.8 Å². The van der Waals surface area contributed by atoms with Crippen LogP contribution >= 0.6 is 15.9 Å². The molecular formula is C17H12BrN5. The highest BCUT2D eigenvalue weighted by molar-refractivity contribution is 9.10. The van der Waals surface area contributed by atoms with E-state index in [1.54, 1.807) is 4.57 Å². The van der Waals surface area contributed by atoms with Crippen LogP contribution in [0.25, 0.3) is 16.9 Å². The van der Waals surface area contributed by atoms with Gasteiger partial charge < -0.3 is 11.1 Å². The Bertz CT molecular complexity index is 996. The molecule has 1 aliphatic heterocycles. The molecule has 3 N–H and O–H groups in total. The van der Waals surface area contributed by atoms with E-state index in [4.69, 9.17) is 5.73 Å². The molecule has 1 aliphatic rings. The van der Waals surface area contributed by atoms with Crippen molar-refractivity contribution < 1.29 is 0 Å². The van der Waals surface area contributed by atoms with Gasteiger partial charge in [0.1, 0.15) is 11.9 Å². The van der Waals surface area contributed by atoms with Crippen LogP contribution in [0.2, 0.25) is 0 Å². The summed E-state index contributed by atoms with van der Waals surface area (Å²) >= 11 is 3.54. The number of para-hydroxylation sites is 2. The van der Waals surface area contributed by atoms with E-state index in [1.807, 2.05) is 48.5 Å². The molecule has 0 saturated heterocycles. The fourth-order valence-electron chi connectivity index (χ4n) is 2.90. The molecule has 1 aromatic heterocycles. The number of nitriles is 1. The molecule has 4 rings (SSSR count). The van der Waals surface area contributed by atoms with Crippen molar-refractivity contribution in [3.05, 3.63) is 64.1 Å². The first-order valence-corrected chi connectivity index (χ1v) is 7.88. The van der Waals surface area contributed by atoms with E-state index >= 15 is 0 Å². The molecule has 0 amide bonds. The molecule has 0 fully saturated rings. The lowest BCUT2D eigenvalue weighted by atomic mass is 9.98. The van der Waals surface area contributed by atoms with Gasteiger partial charge in [0.05, 0.1) is 22.6 Å². The van der Waals surface area contributed by atoms with Crippen LogP contribution in [0.3, 0.4) is 0 Å². The Kier molecular flexibility index (Phi) is 3.10.